The summed E-state index contributed by atoms with van der Waals surface area (Å²) in [5.41, 5.74) is 0. The molecule has 1 fully saturated rings. The molecule has 0 aromatic rings. The van der Waals surface area contributed by atoms with Gasteiger partial charge in [-0.2, -0.15) is 0 Å². The maximum atomic E-state index is 8.68. The van der Waals surface area contributed by atoms with Crippen LogP contribution in [0.3, 0.4) is 0 Å². The Morgan fingerprint density at radius 2 is 2.31 bits per heavy atom. The van der Waals surface area contributed by atoms with E-state index in [1.165, 1.54) is 26.1 Å². The van der Waals surface area contributed by atoms with E-state index in [1.54, 1.807) is 0 Å². The second-order valence-electron chi connectivity index (χ2n) is 4.26. The van der Waals surface area contributed by atoms with Crippen molar-refractivity contribution in [1.29, 1.82) is 0 Å². The smallest absolute Gasteiger partial charge is 0.0443 e. The third-order valence-electron chi connectivity index (χ3n) is 2.76. The van der Waals surface area contributed by atoms with E-state index in [-0.39, 0.29) is 0 Å². The van der Waals surface area contributed by atoms with Gasteiger partial charge in [0.25, 0.3) is 0 Å². The number of aliphatic hydroxyl groups excluding tert-OH is 1. The van der Waals surface area contributed by atoms with Crippen LogP contribution in [0.4, 0.5) is 0 Å². The second-order valence-corrected chi connectivity index (χ2v) is 4.26. The van der Waals surface area contributed by atoms with Gasteiger partial charge in [-0.15, -0.1) is 0 Å². The molecule has 1 atom stereocenters. The van der Waals surface area contributed by atoms with Gasteiger partial charge in [0.05, 0.1) is 0 Å². The lowest BCUT2D eigenvalue weighted by molar-refractivity contribution is 0.228. The van der Waals surface area contributed by atoms with Crippen molar-refractivity contribution in [1.82, 2.24) is 9.80 Å². The van der Waals surface area contributed by atoms with Crippen LogP contribution in [0.5, 0.6) is 0 Å². The minimum atomic E-state index is 0.314. The number of nitrogens with zero attached hydrogens (tertiary/aromatic N) is 2. The minimum absolute atomic E-state index is 0.314. The molecule has 1 heterocycles. The highest BCUT2D eigenvalue weighted by molar-refractivity contribution is 4.75. The second kappa shape index (κ2) is 5.58. The van der Waals surface area contributed by atoms with Crippen LogP contribution in [0.1, 0.15) is 12.8 Å². The maximum absolute atomic E-state index is 8.68. The quantitative estimate of drug-likeness (QED) is 0.667. The molecule has 3 nitrogen and oxygen atoms in total. The van der Waals surface area contributed by atoms with Crippen LogP contribution < -0.4 is 0 Å². The number of hydrogen-bond acceptors (Lipinski definition) is 3. The summed E-state index contributed by atoms with van der Waals surface area (Å²) >= 11 is 0. The highest BCUT2D eigenvalue weighted by atomic mass is 16.3. The largest absolute Gasteiger partial charge is 0.396 e. The van der Waals surface area contributed by atoms with Crippen LogP contribution in [0.15, 0.2) is 0 Å². The molecular formula is C10H22N2O. The van der Waals surface area contributed by atoms with Gasteiger partial charge >= 0.3 is 0 Å². The maximum Gasteiger partial charge on any atom is 0.0443 e. The van der Waals surface area contributed by atoms with Crippen LogP contribution >= 0.6 is 0 Å². The van der Waals surface area contributed by atoms with E-state index in [4.69, 9.17) is 5.11 Å². The molecule has 0 radical (unpaired) electrons. The van der Waals surface area contributed by atoms with Crippen molar-refractivity contribution in [3.63, 3.8) is 0 Å². The Hall–Kier alpha value is -0.120. The Morgan fingerprint density at radius 3 is 2.85 bits per heavy atom. The van der Waals surface area contributed by atoms with Crippen LogP contribution in [-0.4, -0.2) is 61.8 Å². The molecule has 3 heteroatoms. The van der Waals surface area contributed by atoms with Crippen molar-refractivity contribution in [2.24, 2.45) is 5.92 Å². The first-order valence-corrected chi connectivity index (χ1v) is 5.20. The standard InChI is InChI=1S/C10H22N2O/c1-11(5-3-7-13)8-10-4-6-12(2)9-10/h10,13H,3-9H2,1-2H3. The first-order chi connectivity index (χ1) is 6.22. The molecule has 1 aliphatic rings. The highest BCUT2D eigenvalue weighted by Crippen LogP contribution is 2.14. The van der Waals surface area contributed by atoms with Crippen LogP contribution in [0.2, 0.25) is 0 Å². The van der Waals surface area contributed by atoms with Gasteiger partial charge in [0.2, 0.25) is 0 Å². The lowest BCUT2D eigenvalue weighted by Gasteiger charge is -2.20. The number of likely N-dealkylation sites (tertiary alicyclic amines) is 1. The molecule has 1 N–H and O–H groups in total. The Bertz CT molecular complexity index is 141. The predicted octanol–water partition coefficient (Wildman–Crippen LogP) is 0.252. The van der Waals surface area contributed by atoms with Gasteiger partial charge in [0.15, 0.2) is 0 Å². The molecule has 1 unspecified atom stereocenters. The van der Waals surface area contributed by atoms with Crippen molar-refractivity contribution in [3.8, 4) is 0 Å². The van der Waals surface area contributed by atoms with E-state index in [9.17, 15) is 0 Å². The SMILES string of the molecule is CN(CCCO)CC1CCN(C)C1. The average Bonchev–Trinajstić information content (AvgIpc) is 2.48. The summed E-state index contributed by atoms with van der Waals surface area (Å²) < 4.78 is 0. The minimum Gasteiger partial charge on any atom is -0.396 e. The Labute approximate surface area is 81.3 Å². The van der Waals surface area contributed by atoms with Gasteiger partial charge in [0, 0.05) is 26.2 Å². The molecule has 0 bridgehead atoms. The first-order valence-electron chi connectivity index (χ1n) is 5.20. The van der Waals surface area contributed by atoms with Crippen molar-refractivity contribution >= 4 is 0 Å². The van der Waals surface area contributed by atoms with Crippen LogP contribution in [-0.2, 0) is 0 Å². The molecular weight excluding hydrogens is 164 g/mol. The van der Waals surface area contributed by atoms with E-state index in [0.29, 0.717) is 6.61 Å². The molecule has 0 saturated carbocycles. The van der Waals surface area contributed by atoms with Gasteiger partial charge in [-0.25, -0.2) is 0 Å². The Morgan fingerprint density at radius 1 is 1.54 bits per heavy atom. The zero-order chi connectivity index (χ0) is 9.68. The lowest BCUT2D eigenvalue weighted by atomic mass is 10.1. The van der Waals surface area contributed by atoms with E-state index in [1.807, 2.05) is 0 Å². The fraction of sp³-hybridized carbons (Fsp3) is 1.00. The van der Waals surface area contributed by atoms with Crippen LogP contribution in [0.25, 0.3) is 0 Å². The summed E-state index contributed by atoms with van der Waals surface area (Å²) in [5.74, 6) is 0.841. The molecule has 1 rings (SSSR count). The number of rotatable bonds is 5. The molecule has 0 aromatic carbocycles. The molecule has 13 heavy (non-hydrogen) atoms. The molecule has 78 valence electrons. The monoisotopic (exact) mass is 186 g/mol. The van der Waals surface area contributed by atoms with Gasteiger partial charge < -0.3 is 14.9 Å². The summed E-state index contributed by atoms with van der Waals surface area (Å²) in [6.07, 6.45) is 2.24. The molecule has 0 aromatic heterocycles. The van der Waals surface area contributed by atoms with Gasteiger partial charge in [-0.3, -0.25) is 0 Å². The van der Waals surface area contributed by atoms with Crippen molar-refractivity contribution in [2.75, 3.05) is 46.9 Å². The number of aliphatic hydroxyl groups is 1. The van der Waals surface area contributed by atoms with Gasteiger partial charge in [-0.05, 0) is 39.4 Å². The van der Waals surface area contributed by atoms with Crippen molar-refractivity contribution in [2.45, 2.75) is 12.8 Å². The summed E-state index contributed by atoms with van der Waals surface area (Å²) in [7, 11) is 4.34. The molecule has 1 saturated heterocycles. The molecule has 1 aliphatic heterocycles. The summed E-state index contributed by atoms with van der Waals surface area (Å²) in [4.78, 5) is 4.73. The summed E-state index contributed by atoms with van der Waals surface area (Å²) in [6.45, 7) is 5.01. The lowest BCUT2D eigenvalue weighted by Crippen LogP contribution is -2.28. The fourth-order valence-electron chi connectivity index (χ4n) is 2.05. The predicted molar refractivity (Wildman–Crippen MR) is 54.8 cm³/mol. The third-order valence-corrected chi connectivity index (χ3v) is 2.76. The van der Waals surface area contributed by atoms with E-state index < -0.39 is 0 Å². The topological polar surface area (TPSA) is 26.7 Å². The summed E-state index contributed by atoms with van der Waals surface area (Å²) in [6, 6.07) is 0. The highest BCUT2D eigenvalue weighted by Gasteiger charge is 2.20. The fourth-order valence-corrected chi connectivity index (χ4v) is 2.05. The third kappa shape index (κ3) is 4.07. The van der Waals surface area contributed by atoms with Gasteiger partial charge in [0.1, 0.15) is 0 Å². The molecule has 0 amide bonds. The zero-order valence-corrected chi connectivity index (χ0v) is 8.87. The molecule has 0 spiro atoms. The van der Waals surface area contributed by atoms with Gasteiger partial charge in [-0.1, -0.05) is 0 Å². The first kappa shape index (κ1) is 11.0. The van der Waals surface area contributed by atoms with Crippen LogP contribution in [0, 0.1) is 5.92 Å². The van der Waals surface area contributed by atoms with E-state index in [0.717, 1.165) is 18.9 Å². The van der Waals surface area contributed by atoms with Crippen molar-refractivity contribution in [3.05, 3.63) is 0 Å². The van der Waals surface area contributed by atoms with Crippen molar-refractivity contribution < 1.29 is 5.11 Å². The van der Waals surface area contributed by atoms with E-state index in [2.05, 4.69) is 23.9 Å². The van der Waals surface area contributed by atoms with E-state index >= 15 is 0 Å². The Kier molecular flexibility index (Phi) is 4.70. The Balaban J connectivity index is 2.09. The summed E-state index contributed by atoms with van der Waals surface area (Å²) in [5, 5.41) is 8.68. The normalized spacial score (nSPS) is 24.5. The zero-order valence-electron chi connectivity index (χ0n) is 8.87. The average molecular weight is 186 g/mol. The molecule has 0 aliphatic carbocycles. The number of hydrogen-bond donors (Lipinski definition) is 1.